The molecule has 1 fully saturated rings. The first-order valence-corrected chi connectivity index (χ1v) is 6.35. The molecule has 1 saturated heterocycles. The number of amides is 2. The second-order valence-electron chi connectivity index (χ2n) is 4.23. The zero-order valence-electron chi connectivity index (χ0n) is 9.98. The second-order valence-corrected chi connectivity index (χ2v) is 5.01. The van der Waals surface area contributed by atoms with Crippen molar-refractivity contribution in [3.8, 4) is 0 Å². The quantitative estimate of drug-likeness (QED) is 0.651. The Morgan fingerprint density at radius 3 is 2.70 bits per heavy atom. The monoisotopic (exact) mass is 317 g/mol. The van der Waals surface area contributed by atoms with E-state index in [-0.39, 0.29) is 34.0 Å². The maximum absolute atomic E-state index is 12.0. The molecule has 1 heterocycles. The minimum Gasteiger partial charge on any atom is -0.354 e. The Morgan fingerprint density at radius 2 is 2.15 bits per heavy atom. The number of nitrogens with one attached hydrogen (secondary N) is 2. The van der Waals surface area contributed by atoms with Gasteiger partial charge in [-0.1, -0.05) is 23.2 Å². The molecule has 0 saturated carbocycles. The predicted octanol–water partition coefficient (Wildman–Crippen LogP) is 1.52. The third-order valence-electron chi connectivity index (χ3n) is 2.78. The summed E-state index contributed by atoms with van der Waals surface area (Å²) in [6.45, 7) is 0.327. The molecule has 9 heteroatoms. The van der Waals surface area contributed by atoms with Crippen molar-refractivity contribution in [3.63, 3.8) is 0 Å². The molecule has 1 aliphatic heterocycles. The lowest BCUT2D eigenvalue weighted by Crippen LogP contribution is -2.36. The Morgan fingerprint density at radius 1 is 1.45 bits per heavy atom. The average Bonchev–Trinajstić information content (AvgIpc) is 2.77. The van der Waals surface area contributed by atoms with Gasteiger partial charge in [-0.15, -0.1) is 0 Å². The third kappa shape index (κ3) is 3.00. The lowest BCUT2D eigenvalue weighted by Gasteiger charge is -2.11. The molecule has 0 bridgehead atoms. The van der Waals surface area contributed by atoms with Gasteiger partial charge in [-0.05, 0) is 6.07 Å². The van der Waals surface area contributed by atoms with E-state index >= 15 is 0 Å². The van der Waals surface area contributed by atoms with Gasteiger partial charge in [0.1, 0.15) is 5.02 Å². The SMILES string of the molecule is O=C1CC(NC(=O)c2cc(Cl)c(Cl)c([N+](=O)[O-])c2)CN1. The zero-order valence-corrected chi connectivity index (χ0v) is 11.5. The molecule has 0 aliphatic carbocycles. The largest absolute Gasteiger partial charge is 0.354 e. The van der Waals surface area contributed by atoms with Gasteiger partial charge in [0, 0.05) is 24.6 Å². The van der Waals surface area contributed by atoms with E-state index in [1.165, 1.54) is 6.07 Å². The van der Waals surface area contributed by atoms with Crippen LogP contribution in [-0.2, 0) is 4.79 Å². The fourth-order valence-corrected chi connectivity index (χ4v) is 2.21. The topological polar surface area (TPSA) is 101 Å². The molecule has 1 atom stereocenters. The number of hydrogen-bond donors (Lipinski definition) is 2. The van der Waals surface area contributed by atoms with Crippen molar-refractivity contribution in [1.29, 1.82) is 0 Å². The van der Waals surface area contributed by atoms with Crippen molar-refractivity contribution in [2.75, 3.05) is 6.54 Å². The summed E-state index contributed by atoms with van der Waals surface area (Å²) in [7, 11) is 0. The lowest BCUT2D eigenvalue weighted by atomic mass is 10.1. The highest BCUT2D eigenvalue weighted by atomic mass is 35.5. The van der Waals surface area contributed by atoms with E-state index < -0.39 is 16.5 Å². The van der Waals surface area contributed by atoms with Crippen LogP contribution in [0.25, 0.3) is 0 Å². The smallest absolute Gasteiger partial charge is 0.290 e. The standard InChI is InChI=1S/C11H9Cl2N3O4/c12-7-1-5(2-8(10(7)13)16(19)20)11(18)15-6-3-9(17)14-4-6/h1-2,6H,3-4H2,(H,14,17)(H,15,18). The van der Waals surface area contributed by atoms with Crippen LogP contribution in [0.4, 0.5) is 5.69 Å². The summed E-state index contributed by atoms with van der Waals surface area (Å²) in [4.78, 5) is 33.1. The molecule has 0 spiro atoms. The van der Waals surface area contributed by atoms with Gasteiger partial charge in [-0.25, -0.2) is 0 Å². The summed E-state index contributed by atoms with van der Waals surface area (Å²) in [5, 5.41) is 15.7. The van der Waals surface area contributed by atoms with E-state index in [0.29, 0.717) is 6.54 Å². The van der Waals surface area contributed by atoms with Crippen molar-refractivity contribution in [2.45, 2.75) is 12.5 Å². The van der Waals surface area contributed by atoms with Crippen LogP contribution in [0.15, 0.2) is 12.1 Å². The van der Waals surface area contributed by atoms with Gasteiger partial charge in [0.05, 0.1) is 16.0 Å². The van der Waals surface area contributed by atoms with Crippen molar-refractivity contribution >= 4 is 40.7 Å². The third-order valence-corrected chi connectivity index (χ3v) is 3.57. The Balaban J connectivity index is 2.22. The fraction of sp³-hybridized carbons (Fsp3) is 0.273. The number of halogens is 2. The van der Waals surface area contributed by atoms with E-state index in [1.54, 1.807) is 0 Å². The van der Waals surface area contributed by atoms with Crippen LogP contribution in [0.5, 0.6) is 0 Å². The van der Waals surface area contributed by atoms with Gasteiger partial charge >= 0.3 is 0 Å². The molecule has 106 valence electrons. The first-order chi connectivity index (χ1) is 9.38. The molecular formula is C11H9Cl2N3O4. The first kappa shape index (κ1) is 14.5. The Bertz CT molecular complexity index is 606. The van der Waals surface area contributed by atoms with Crippen molar-refractivity contribution < 1.29 is 14.5 Å². The molecule has 2 rings (SSSR count). The molecule has 2 amide bonds. The van der Waals surface area contributed by atoms with Crippen LogP contribution >= 0.6 is 23.2 Å². The minimum absolute atomic E-state index is 0.0189. The number of nitro benzene ring substituents is 1. The molecule has 1 aliphatic rings. The minimum atomic E-state index is -0.717. The summed E-state index contributed by atoms with van der Waals surface area (Å²) in [5.41, 5.74) is -0.421. The van der Waals surface area contributed by atoms with Crippen LogP contribution < -0.4 is 10.6 Å². The Hall–Kier alpha value is -1.86. The molecule has 1 aromatic carbocycles. The molecule has 2 N–H and O–H groups in total. The van der Waals surface area contributed by atoms with Gasteiger partial charge in [0.2, 0.25) is 5.91 Å². The number of nitrogens with zero attached hydrogens (tertiary/aromatic N) is 1. The van der Waals surface area contributed by atoms with Crippen LogP contribution in [0.1, 0.15) is 16.8 Å². The number of benzene rings is 1. The molecule has 20 heavy (non-hydrogen) atoms. The van der Waals surface area contributed by atoms with E-state index in [9.17, 15) is 19.7 Å². The first-order valence-electron chi connectivity index (χ1n) is 5.59. The summed E-state index contributed by atoms with van der Waals surface area (Å²) in [5.74, 6) is -0.705. The normalized spacial score (nSPS) is 17.7. The molecule has 7 nitrogen and oxygen atoms in total. The van der Waals surface area contributed by atoms with Gasteiger partial charge in [-0.2, -0.15) is 0 Å². The highest BCUT2D eigenvalue weighted by Gasteiger charge is 2.25. The maximum atomic E-state index is 12.0. The van der Waals surface area contributed by atoms with Crippen molar-refractivity contribution in [2.24, 2.45) is 0 Å². The zero-order chi connectivity index (χ0) is 14.9. The van der Waals surface area contributed by atoms with Gasteiger partial charge in [0.15, 0.2) is 0 Å². The lowest BCUT2D eigenvalue weighted by molar-refractivity contribution is -0.384. The van der Waals surface area contributed by atoms with Gasteiger partial charge in [-0.3, -0.25) is 19.7 Å². The Kier molecular flexibility index (Phi) is 4.10. The number of hydrogen-bond acceptors (Lipinski definition) is 4. The highest BCUT2D eigenvalue weighted by Crippen LogP contribution is 2.33. The summed E-state index contributed by atoms with van der Waals surface area (Å²) in [6, 6.07) is 1.95. The number of nitro groups is 1. The number of carbonyl (C=O) groups is 2. The number of carbonyl (C=O) groups excluding carboxylic acids is 2. The molecule has 0 aromatic heterocycles. The molecule has 1 unspecified atom stereocenters. The van der Waals surface area contributed by atoms with Crippen molar-refractivity contribution in [1.82, 2.24) is 10.6 Å². The van der Waals surface area contributed by atoms with E-state index in [0.717, 1.165) is 6.07 Å². The average molecular weight is 318 g/mol. The number of rotatable bonds is 3. The molecule has 1 aromatic rings. The van der Waals surface area contributed by atoms with E-state index in [4.69, 9.17) is 23.2 Å². The molecular weight excluding hydrogens is 309 g/mol. The Labute approximate surface area is 123 Å². The van der Waals surface area contributed by atoms with Crippen LogP contribution in [-0.4, -0.2) is 29.3 Å². The summed E-state index contributed by atoms with van der Waals surface area (Å²) < 4.78 is 0. The second kappa shape index (κ2) is 5.64. The van der Waals surface area contributed by atoms with Crippen molar-refractivity contribution in [3.05, 3.63) is 37.9 Å². The van der Waals surface area contributed by atoms with Gasteiger partial charge in [0.25, 0.3) is 11.6 Å². The van der Waals surface area contributed by atoms with Gasteiger partial charge < -0.3 is 10.6 Å². The predicted molar refractivity (Wildman–Crippen MR) is 72.0 cm³/mol. The van der Waals surface area contributed by atoms with Crippen LogP contribution in [0, 0.1) is 10.1 Å². The maximum Gasteiger partial charge on any atom is 0.290 e. The van der Waals surface area contributed by atoms with E-state index in [1.807, 2.05) is 0 Å². The fourth-order valence-electron chi connectivity index (χ4n) is 1.81. The summed E-state index contributed by atoms with van der Waals surface area (Å²) in [6.07, 6.45) is 0.176. The van der Waals surface area contributed by atoms with Crippen LogP contribution in [0.2, 0.25) is 10.0 Å². The van der Waals surface area contributed by atoms with Crippen LogP contribution in [0.3, 0.4) is 0 Å². The molecule has 0 radical (unpaired) electrons. The van der Waals surface area contributed by atoms with E-state index in [2.05, 4.69) is 10.6 Å². The summed E-state index contributed by atoms with van der Waals surface area (Å²) >= 11 is 11.5. The highest BCUT2D eigenvalue weighted by molar-refractivity contribution is 6.43.